The van der Waals surface area contributed by atoms with Gasteiger partial charge >= 0.3 is 5.97 Å². The quantitative estimate of drug-likeness (QED) is 0.928. The highest BCUT2D eigenvalue weighted by atomic mass is 32.2. The molecule has 1 saturated carbocycles. The Bertz CT molecular complexity index is 555. The molecule has 3 unspecified atom stereocenters. The summed E-state index contributed by atoms with van der Waals surface area (Å²) < 4.78 is 0. The SMILES string of the molecule is Cc1cccc(CC2=NC3CCC(C(=O)O)CC3S2)c1. The molecule has 1 N–H and O–H groups in total. The summed E-state index contributed by atoms with van der Waals surface area (Å²) in [5.74, 6) is -0.812. The van der Waals surface area contributed by atoms with Crippen LogP contribution in [0.1, 0.15) is 30.4 Å². The molecular formula is C16H19NO2S. The zero-order valence-corrected chi connectivity index (χ0v) is 12.4. The van der Waals surface area contributed by atoms with Crippen LogP contribution in [0.25, 0.3) is 0 Å². The minimum Gasteiger partial charge on any atom is -0.481 e. The summed E-state index contributed by atoms with van der Waals surface area (Å²) in [5.41, 5.74) is 2.57. The first-order valence-electron chi connectivity index (χ1n) is 7.13. The lowest BCUT2D eigenvalue weighted by Gasteiger charge is -2.27. The standard InChI is InChI=1S/C16H19NO2S/c1-10-3-2-4-11(7-10)8-15-17-13-6-5-12(16(18)19)9-14(13)20-15/h2-4,7,12-14H,5-6,8-9H2,1H3,(H,18,19). The maximum Gasteiger partial charge on any atom is 0.306 e. The number of carboxylic acid groups (broad SMARTS) is 1. The van der Waals surface area contributed by atoms with Crippen molar-refractivity contribution in [1.29, 1.82) is 0 Å². The lowest BCUT2D eigenvalue weighted by Crippen LogP contribution is -2.31. The van der Waals surface area contributed by atoms with Crippen molar-refractivity contribution in [2.45, 2.75) is 43.9 Å². The summed E-state index contributed by atoms with van der Waals surface area (Å²) in [6, 6.07) is 8.86. The summed E-state index contributed by atoms with van der Waals surface area (Å²) in [4.78, 5) is 15.9. The molecule has 1 heterocycles. The Morgan fingerprint density at radius 3 is 3.05 bits per heavy atom. The molecule has 0 bridgehead atoms. The Labute approximate surface area is 123 Å². The molecular weight excluding hydrogens is 270 g/mol. The third-order valence-corrected chi connectivity index (χ3v) is 5.47. The second-order valence-electron chi connectivity index (χ2n) is 5.76. The fraction of sp³-hybridized carbons (Fsp3) is 0.500. The average Bonchev–Trinajstić information content (AvgIpc) is 2.79. The van der Waals surface area contributed by atoms with E-state index in [9.17, 15) is 4.79 Å². The molecule has 0 amide bonds. The van der Waals surface area contributed by atoms with E-state index in [0.29, 0.717) is 11.3 Å². The van der Waals surface area contributed by atoms with E-state index in [0.717, 1.165) is 25.7 Å². The average molecular weight is 289 g/mol. The third kappa shape index (κ3) is 2.90. The van der Waals surface area contributed by atoms with Crippen LogP contribution >= 0.6 is 11.8 Å². The Hall–Kier alpha value is -1.29. The van der Waals surface area contributed by atoms with Gasteiger partial charge in [-0.1, -0.05) is 29.8 Å². The predicted molar refractivity (Wildman–Crippen MR) is 82.5 cm³/mol. The van der Waals surface area contributed by atoms with Gasteiger partial charge in [-0.05, 0) is 31.7 Å². The van der Waals surface area contributed by atoms with Gasteiger partial charge < -0.3 is 5.11 Å². The lowest BCUT2D eigenvalue weighted by atomic mass is 9.86. The smallest absolute Gasteiger partial charge is 0.306 e. The maximum absolute atomic E-state index is 11.1. The molecule has 3 rings (SSSR count). The molecule has 0 spiro atoms. The van der Waals surface area contributed by atoms with Crippen LogP contribution in [-0.2, 0) is 11.2 Å². The highest BCUT2D eigenvalue weighted by Gasteiger charge is 2.38. The number of aryl methyl sites for hydroxylation is 1. The molecule has 0 radical (unpaired) electrons. The van der Waals surface area contributed by atoms with Gasteiger partial charge in [-0.15, -0.1) is 11.8 Å². The number of nitrogens with zero attached hydrogens (tertiary/aromatic N) is 1. The van der Waals surface area contributed by atoms with E-state index in [1.165, 1.54) is 16.2 Å². The fourth-order valence-corrected chi connectivity index (χ4v) is 4.56. The molecule has 1 aromatic rings. The fourth-order valence-electron chi connectivity index (χ4n) is 3.09. The third-order valence-electron chi connectivity index (χ3n) is 4.14. The minimum atomic E-state index is -0.642. The van der Waals surface area contributed by atoms with E-state index in [1.54, 1.807) is 11.8 Å². The lowest BCUT2D eigenvalue weighted by molar-refractivity contribution is -0.142. The molecule has 20 heavy (non-hydrogen) atoms. The number of rotatable bonds is 3. The van der Waals surface area contributed by atoms with Crippen molar-refractivity contribution < 1.29 is 9.90 Å². The van der Waals surface area contributed by atoms with Gasteiger partial charge in [0.1, 0.15) is 0 Å². The number of carbonyl (C=O) groups is 1. The molecule has 0 saturated heterocycles. The molecule has 1 aliphatic carbocycles. The molecule has 1 fully saturated rings. The molecule has 2 aliphatic rings. The molecule has 3 nitrogen and oxygen atoms in total. The topological polar surface area (TPSA) is 49.7 Å². The number of fused-ring (bicyclic) bond motifs is 1. The first-order chi connectivity index (χ1) is 9.61. The second kappa shape index (κ2) is 5.60. The Morgan fingerprint density at radius 1 is 1.45 bits per heavy atom. The van der Waals surface area contributed by atoms with E-state index in [1.807, 2.05) is 0 Å². The summed E-state index contributed by atoms with van der Waals surface area (Å²) in [6.07, 6.45) is 3.35. The van der Waals surface area contributed by atoms with Crippen molar-refractivity contribution in [3.05, 3.63) is 35.4 Å². The Morgan fingerprint density at radius 2 is 2.30 bits per heavy atom. The first kappa shape index (κ1) is 13.7. The molecule has 1 aromatic carbocycles. The summed E-state index contributed by atoms with van der Waals surface area (Å²) in [6.45, 7) is 2.10. The van der Waals surface area contributed by atoms with Crippen molar-refractivity contribution in [2.24, 2.45) is 10.9 Å². The monoisotopic (exact) mass is 289 g/mol. The van der Waals surface area contributed by atoms with Crippen molar-refractivity contribution in [2.75, 3.05) is 0 Å². The van der Waals surface area contributed by atoms with Gasteiger partial charge in [0.25, 0.3) is 0 Å². The summed E-state index contributed by atoms with van der Waals surface area (Å²) in [5, 5.41) is 10.7. The highest BCUT2D eigenvalue weighted by molar-refractivity contribution is 8.14. The largest absolute Gasteiger partial charge is 0.481 e. The van der Waals surface area contributed by atoms with Crippen molar-refractivity contribution in [3.8, 4) is 0 Å². The maximum atomic E-state index is 11.1. The molecule has 3 atom stereocenters. The predicted octanol–water partition coefficient (Wildman–Crippen LogP) is 3.30. The van der Waals surface area contributed by atoms with E-state index in [2.05, 4.69) is 31.2 Å². The molecule has 1 aliphatic heterocycles. The van der Waals surface area contributed by atoms with Crippen molar-refractivity contribution in [1.82, 2.24) is 0 Å². The number of benzene rings is 1. The van der Waals surface area contributed by atoms with Gasteiger partial charge in [0, 0.05) is 11.7 Å². The number of aliphatic imine (C=N–C) groups is 1. The number of thioether (sulfide) groups is 1. The van der Waals surface area contributed by atoms with E-state index >= 15 is 0 Å². The van der Waals surface area contributed by atoms with E-state index in [-0.39, 0.29) is 5.92 Å². The zero-order valence-electron chi connectivity index (χ0n) is 11.6. The van der Waals surface area contributed by atoms with Crippen LogP contribution in [0.5, 0.6) is 0 Å². The molecule has 106 valence electrons. The van der Waals surface area contributed by atoms with Gasteiger partial charge in [0.15, 0.2) is 0 Å². The number of carboxylic acids is 1. The highest BCUT2D eigenvalue weighted by Crippen LogP contribution is 2.40. The normalized spacial score (nSPS) is 28.9. The molecule has 4 heteroatoms. The van der Waals surface area contributed by atoms with Gasteiger partial charge in [0.2, 0.25) is 0 Å². The molecule has 0 aromatic heterocycles. The van der Waals surface area contributed by atoms with E-state index in [4.69, 9.17) is 10.1 Å². The van der Waals surface area contributed by atoms with E-state index < -0.39 is 5.97 Å². The van der Waals surface area contributed by atoms with Gasteiger partial charge in [-0.25, -0.2) is 0 Å². The number of hydrogen-bond donors (Lipinski definition) is 1. The van der Waals surface area contributed by atoms with Crippen LogP contribution in [0.15, 0.2) is 29.3 Å². The Balaban J connectivity index is 1.65. The van der Waals surface area contributed by atoms with Crippen LogP contribution in [0.2, 0.25) is 0 Å². The number of hydrogen-bond acceptors (Lipinski definition) is 3. The van der Waals surface area contributed by atoms with Gasteiger partial charge in [-0.3, -0.25) is 9.79 Å². The van der Waals surface area contributed by atoms with Gasteiger partial charge in [-0.2, -0.15) is 0 Å². The summed E-state index contributed by atoms with van der Waals surface area (Å²) >= 11 is 1.80. The van der Waals surface area contributed by atoms with Crippen LogP contribution in [0.3, 0.4) is 0 Å². The van der Waals surface area contributed by atoms with Crippen molar-refractivity contribution in [3.63, 3.8) is 0 Å². The van der Waals surface area contributed by atoms with Gasteiger partial charge in [0.05, 0.1) is 17.0 Å². The van der Waals surface area contributed by atoms with Crippen LogP contribution in [0.4, 0.5) is 0 Å². The summed E-state index contributed by atoms with van der Waals surface area (Å²) in [7, 11) is 0. The van der Waals surface area contributed by atoms with Crippen LogP contribution in [0, 0.1) is 12.8 Å². The second-order valence-corrected chi connectivity index (χ2v) is 7.07. The number of aliphatic carboxylic acids is 1. The van der Waals surface area contributed by atoms with Crippen LogP contribution in [-0.4, -0.2) is 27.4 Å². The minimum absolute atomic E-state index is 0.169. The Kier molecular flexibility index (Phi) is 3.83. The first-order valence-corrected chi connectivity index (χ1v) is 8.01. The van der Waals surface area contributed by atoms with Crippen molar-refractivity contribution >= 4 is 22.8 Å². The zero-order chi connectivity index (χ0) is 14.1. The van der Waals surface area contributed by atoms with Crippen LogP contribution < -0.4 is 0 Å².